The SMILES string of the molecule is CC(C)[C@H](NC(=O)[C@H](CS)NC(=O)[C@@H]1CCCN1C(=O)[C@H](CC(N)=O)NC(=O)[C@@H](N)Cc1ccc(O)cc1)C(=O)NCC(=O)N[C@@H](Cc1ccc(O)cc1)C(=O)N[C@@H](Cc1ccccc1)C(=O)O. The van der Waals surface area contributed by atoms with E-state index in [1.165, 1.54) is 41.3 Å². The van der Waals surface area contributed by atoms with Crippen LogP contribution < -0.4 is 43.4 Å². The van der Waals surface area contributed by atoms with Gasteiger partial charge in [0.1, 0.15) is 47.8 Å². The van der Waals surface area contributed by atoms with Crippen molar-refractivity contribution in [2.45, 2.75) is 94.7 Å². The maximum atomic E-state index is 13.8. The maximum Gasteiger partial charge on any atom is 0.326 e. The molecular formula is C46H59N9O12S. The second kappa shape index (κ2) is 25.6. The van der Waals surface area contributed by atoms with Crippen molar-refractivity contribution < 1.29 is 58.5 Å². The zero-order valence-electron chi connectivity index (χ0n) is 37.6. The summed E-state index contributed by atoms with van der Waals surface area (Å²) >= 11 is 4.23. The molecule has 0 radical (unpaired) electrons. The number of nitrogens with one attached hydrogen (secondary N) is 6. The highest BCUT2D eigenvalue weighted by molar-refractivity contribution is 7.80. The van der Waals surface area contributed by atoms with Gasteiger partial charge in [0.05, 0.1) is 19.0 Å². The molecule has 3 aromatic carbocycles. The van der Waals surface area contributed by atoms with E-state index in [0.717, 1.165) is 0 Å². The average Bonchev–Trinajstić information content (AvgIpc) is 3.80. The minimum atomic E-state index is -1.47. The topological polar surface area (TPSA) is 342 Å². The van der Waals surface area contributed by atoms with E-state index in [2.05, 4.69) is 44.5 Å². The Morgan fingerprint density at radius 1 is 0.676 bits per heavy atom. The predicted molar refractivity (Wildman–Crippen MR) is 249 cm³/mol. The quantitative estimate of drug-likeness (QED) is 0.0457. The zero-order chi connectivity index (χ0) is 50.1. The summed E-state index contributed by atoms with van der Waals surface area (Å²) in [5.41, 5.74) is 13.3. The van der Waals surface area contributed by atoms with Crippen molar-refractivity contribution in [3.05, 3.63) is 95.6 Å². The molecule has 1 saturated heterocycles. The smallest absolute Gasteiger partial charge is 0.326 e. The number of carboxylic acids is 1. The summed E-state index contributed by atoms with van der Waals surface area (Å²) in [7, 11) is 0. The number of nitrogens with two attached hydrogens (primary N) is 2. The van der Waals surface area contributed by atoms with Gasteiger partial charge < -0.3 is 63.6 Å². The molecule has 1 heterocycles. The molecule has 3 aromatic rings. The number of hydrogen-bond acceptors (Lipinski definition) is 13. The Morgan fingerprint density at radius 2 is 1.22 bits per heavy atom. The average molecular weight is 962 g/mol. The minimum Gasteiger partial charge on any atom is -0.508 e. The molecule has 1 aliphatic rings. The van der Waals surface area contributed by atoms with Crippen LogP contribution >= 0.6 is 12.6 Å². The van der Waals surface area contributed by atoms with Crippen LogP contribution in [-0.2, 0) is 62.4 Å². The number of rotatable bonds is 24. The van der Waals surface area contributed by atoms with E-state index in [0.29, 0.717) is 23.1 Å². The van der Waals surface area contributed by atoms with Gasteiger partial charge in [0, 0.05) is 25.1 Å². The lowest BCUT2D eigenvalue weighted by molar-refractivity contribution is -0.143. The van der Waals surface area contributed by atoms with E-state index in [9.17, 15) is 58.5 Å². The lowest BCUT2D eigenvalue weighted by Crippen LogP contribution is -2.60. The Morgan fingerprint density at radius 3 is 1.78 bits per heavy atom. The molecule has 4 rings (SSSR count). The third kappa shape index (κ3) is 16.3. The lowest BCUT2D eigenvalue weighted by atomic mass is 10.0. The minimum absolute atomic E-state index is 0.0158. The molecular weight excluding hydrogens is 903 g/mol. The second-order valence-corrected chi connectivity index (χ2v) is 17.0. The highest BCUT2D eigenvalue weighted by atomic mass is 32.1. The lowest BCUT2D eigenvalue weighted by Gasteiger charge is -2.30. The summed E-state index contributed by atoms with van der Waals surface area (Å²) < 4.78 is 0. The number of aromatic hydroxyl groups is 2. The third-order valence-electron chi connectivity index (χ3n) is 11.0. The molecule has 22 heteroatoms. The monoisotopic (exact) mass is 961 g/mol. The first-order valence-electron chi connectivity index (χ1n) is 21.8. The van der Waals surface area contributed by atoms with Crippen molar-refractivity contribution in [2.75, 3.05) is 18.8 Å². The van der Waals surface area contributed by atoms with Crippen LogP contribution in [0.25, 0.3) is 0 Å². The van der Waals surface area contributed by atoms with E-state index in [1.54, 1.807) is 56.3 Å². The number of amides is 8. The van der Waals surface area contributed by atoms with Crippen LogP contribution in [0.15, 0.2) is 78.9 Å². The fourth-order valence-corrected chi connectivity index (χ4v) is 7.59. The number of benzene rings is 3. The van der Waals surface area contributed by atoms with Crippen molar-refractivity contribution in [2.24, 2.45) is 17.4 Å². The van der Waals surface area contributed by atoms with Crippen molar-refractivity contribution >= 4 is 65.9 Å². The molecule has 68 heavy (non-hydrogen) atoms. The number of carbonyl (C=O) groups is 9. The first kappa shape index (κ1) is 53.4. The summed E-state index contributed by atoms with van der Waals surface area (Å²) in [6, 6.07) is 11.4. The number of carbonyl (C=O) groups excluding carboxylic acids is 8. The Kier molecular flexibility index (Phi) is 20.1. The van der Waals surface area contributed by atoms with Gasteiger partial charge in [-0.3, -0.25) is 38.4 Å². The van der Waals surface area contributed by atoms with E-state index >= 15 is 0 Å². The standard InChI is InChI=1S/C46H59N9O12S/c1-25(2)39(44(64)49-23-38(59)50-32(20-28-12-16-30(57)17-13-28)41(61)52-34(46(66)67)21-26-7-4-3-5-8-26)54-42(62)35(24-68)53-43(63)36-9-6-18-55(36)45(65)33(22-37(48)58)51-40(60)31(47)19-27-10-14-29(56)15-11-27/h3-5,7-8,10-17,25,31-36,39,56-57,68H,6,9,18-24,47H2,1-2H3,(H2,48,58)(H,49,64)(H,50,59)(H,51,60)(H,52,61)(H,53,63)(H,54,62)(H,66,67)/t31-,32-,33-,34-,35-,36-,39-/m0/s1. The van der Waals surface area contributed by atoms with Crippen LogP contribution in [0.4, 0.5) is 0 Å². The molecule has 366 valence electrons. The summed E-state index contributed by atoms with van der Waals surface area (Å²) in [5, 5.41) is 44.2. The van der Waals surface area contributed by atoms with Gasteiger partial charge in [-0.2, -0.15) is 12.6 Å². The van der Waals surface area contributed by atoms with Gasteiger partial charge in [0.2, 0.25) is 47.3 Å². The highest BCUT2D eigenvalue weighted by Gasteiger charge is 2.40. The van der Waals surface area contributed by atoms with Crippen LogP contribution in [0.3, 0.4) is 0 Å². The van der Waals surface area contributed by atoms with E-state index in [-0.39, 0.29) is 49.5 Å². The highest BCUT2D eigenvalue weighted by Crippen LogP contribution is 2.20. The maximum absolute atomic E-state index is 13.8. The number of aliphatic carboxylic acids is 1. The molecule has 1 fully saturated rings. The van der Waals surface area contributed by atoms with Crippen molar-refractivity contribution in [3.63, 3.8) is 0 Å². The van der Waals surface area contributed by atoms with Crippen LogP contribution in [0.1, 0.15) is 49.8 Å². The van der Waals surface area contributed by atoms with Crippen LogP contribution in [0, 0.1) is 5.92 Å². The normalized spacial score (nSPS) is 15.9. The summed E-state index contributed by atoms with van der Waals surface area (Å²) in [5.74, 6) is -8.60. The number of phenols is 2. The van der Waals surface area contributed by atoms with E-state index in [4.69, 9.17) is 11.5 Å². The van der Waals surface area contributed by atoms with Gasteiger partial charge in [-0.05, 0) is 66.1 Å². The van der Waals surface area contributed by atoms with Crippen molar-refractivity contribution in [1.29, 1.82) is 0 Å². The Labute approximate surface area is 397 Å². The van der Waals surface area contributed by atoms with E-state index in [1.807, 2.05) is 0 Å². The Balaban J connectivity index is 1.37. The zero-order valence-corrected chi connectivity index (χ0v) is 38.4. The molecule has 0 saturated carbocycles. The van der Waals surface area contributed by atoms with Crippen LogP contribution in [-0.4, -0.2) is 135 Å². The van der Waals surface area contributed by atoms with Gasteiger partial charge in [0.25, 0.3) is 0 Å². The molecule has 13 N–H and O–H groups in total. The number of nitrogens with zero attached hydrogens (tertiary/aromatic N) is 1. The number of phenolic OH excluding ortho intramolecular Hbond substituents is 2. The Hall–Kier alpha value is -7.20. The fourth-order valence-electron chi connectivity index (χ4n) is 7.33. The van der Waals surface area contributed by atoms with Gasteiger partial charge in [-0.15, -0.1) is 0 Å². The summed E-state index contributed by atoms with van der Waals surface area (Å²) in [6.45, 7) is 2.65. The molecule has 0 unspecified atom stereocenters. The predicted octanol–water partition coefficient (Wildman–Crippen LogP) is -1.47. The molecule has 7 atom stereocenters. The largest absolute Gasteiger partial charge is 0.508 e. The molecule has 0 bridgehead atoms. The van der Waals surface area contributed by atoms with Crippen molar-refractivity contribution in [3.8, 4) is 11.5 Å². The van der Waals surface area contributed by atoms with Gasteiger partial charge in [-0.1, -0.05) is 68.4 Å². The molecule has 0 aromatic heterocycles. The number of hydrogen-bond donors (Lipinski definition) is 12. The fraction of sp³-hybridized carbons (Fsp3) is 0.413. The number of primary amides is 1. The third-order valence-corrected chi connectivity index (χ3v) is 11.4. The first-order valence-corrected chi connectivity index (χ1v) is 22.5. The first-order chi connectivity index (χ1) is 32.3. The van der Waals surface area contributed by atoms with Gasteiger partial charge in [0.15, 0.2) is 0 Å². The van der Waals surface area contributed by atoms with Crippen LogP contribution in [0.5, 0.6) is 11.5 Å². The summed E-state index contributed by atoms with van der Waals surface area (Å²) in [6.07, 6.45) is -0.182. The summed E-state index contributed by atoms with van der Waals surface area (Å²) in [4.78, 5) is 120. The van der Waals surface area contributed by atoms with Gasteiger partial charge in [-0.25, -0.2) is 4.79 Å². The van der Waals surface area contributed by atoms with Crippen molar-refractivity contribution in [1.82, 2.24) is 36.8 Å². The number of likely N-dealkylation sites (tertiary alicyclic amines) is 1. The second-order valence-electron chi connectivity index (χ2n) is 16.7. The molecule has 1 aliphatic heterocycles. The molecule has 21 nitrogen and oxygen atoms in total. The number of carboxylic acid groups (broad SMARTS) is 1. The Bertz CT molecular complexity index is 2270. The van der Waals surface area contributed by atoms with Crippen LogP contribution in [0.2, 0.25) is 0 Å². The number of thiol groups is 1. The molecule has 0 spiro atoms. The molecule has 8 amide bonds. The van der Waals surface area contributed by atoms with Gasteiger partial charge >= 0.3 is 5.97 Å². The molecule has 0 aliphatic carbocycles. The van der Waals surface area contributed by atoms with E-state index < -0.39 is 114 Å².